The van der Waals surface area contributed by atoms with E-state index in [2.05, 4.69) is 9.97 Å². The number of hydrogen-bond acceptors (Lipinski definition) is 4. The molecule has 0 amide bonds. The number of carboxylic acid groups (broad SMARTS) is 1. The van der Waals surface area contributed by atoms with Crippen LogP contribution in [0.5, 0.6) is 5.88 Å². The molecule has 0 unspecified atom stereocenters. The van der Waals surface area contributed by atoms with E-state index in [9.17, 15) is 4.79 Å². The minimum absolute atomic E-state index is 0.0570. The molecule has 1 N–H and O–H groups in total. The van der Waals surface area contributed by atoms with Crippen LogP contribution in [0, 0.1) is 0 Å². The molecular weight excluding hydrogens is 220 g/mol. The van der Waals surface area contributed by atoms with Crippen molar-refractivity contribution in [1.29, 1.82) is 0 Å². The molecule has 2 rings (SSSR count). The zero-order valence-electron chi connectivity index (χ0n) is 8.91. The maximum atomic E-state index is 10.9. The minimum atomic E-state index is -1.05. The van der Waals surface area contributed by atoms with Gasteiger partial charge < -0.3 is 9.84 Å². The standard InChI is InChI=1S/C12H10N2O3/c15-12(16)10-2-1-5-14-11(10)17-8-9-3-6-13-7-4-9/h1-7H,8H2,(H,15,16). The Morgan fingerprint density at radius 1 is 1.24 bits per heavy atom. The van der Waals surface area contributed by atoms with Crippen molar-refractivity contribution in [3.05, 3.63) is 54.0 Å². The van der Waals surface area contributed by atoms with Crippen LogP contribution in [-0.2, 0) is 6.61 Å². The Bertz CT molecular complexity index is 514. The fourth-order valence-corrected chi connectivity index (χ4v) is 1.30. The van der Waals surface area contributed by atoms with Gasteiger partial charge in [-0.05, 0) is 29.8 Å². The smallest absolute Gasteiger partial charge is 0.341 e. The van der Waals surface area contributed by atoms with Gasteiger partial charge in [0, 0.05) is 18.6 Å². The highest BCUT2D eigenvalue weighted by Crippen LogP contribution is 2.15. The normalized spacial score (nSPS) is 9.88. The first kappa shape index (κ1) is 11.1. The second kappa shape index (κ2) is 5.07. The van der Waals surface area contributed by atoms with Gasteiger partial charge in [0.2, 0.25) is 5.88 Å². The number of rotatable bonds is 4. The monoisotopic (exact) mass is 230 g/mol. The lowest BCUT2D eigenvalue weighted by Gasteiger charge is -2.07. The van der Waals surface area contributed by atoms with Crippen LogP contribution in [0.2, 0.25) is 0 Å². The lowest BCUT2D eigenvalue weighted by atomic mass is 10.2. The molecule has 2 aromatic rings. The van der Waals surface area contributed by atoms with Gasteiger partial charge in [-0.2, -0.15) is 0 Å². The van der Waals surface area contributed by atoms with E-state index in [1.54, 1.807) is 30.6 Å². The largest absolute Gasteiger partial charge is 0.477 e. The predicted octanol–water partition coefficient (Wildman–Crippen LogP) is 1.75. The molecule has 0 aliphatic carbocycles. The molecule has 0 aliphatic heterocycles. The summed E-state index contributed by atoms with van der Waals surface area (Å²) in [6.07, 6.45) is 4.79. The number of nitrogens with zero attached hydrogens (tertiary/aromatic N) is 2. The number of ether oxygens (including phenoxy) is 1. The molecule has 0 spiro atoms. The van der Waals surface area contributed by atoms with Crippen LogP contribution < -0.4 is 4.74 Å². The van der Waals surface area contributed by atoms with Gasteiger partial charge in [-0.25, -0.2) is 9.78 Å². The summed E-state index contributed by atoms with van der Waals surface area (Å²) in [5.74, 6) is -0.931. The van der Waals surface area contributed by atoms with E-state index in [4.69, 9.17) is 9.84 Å². The molecule has 0 radical (unpaired) electrons. The van der Waals surface area contributed by atoms with Gasteiger partial charge in [0.1, 0.15) is 12.2 Å². The van der Waals surface area contributed by atoms with Gasteiger partial charge in [0.05, 0.1) is 0 Å². The zero-order chi connectivity index (χ0) is 12.1. The molecule has 86 valence electrons. The van der Waals surface area contributed by atoms with E-state index in [1.165, 1.54) is 12.3 Å². The predicted molar refractivity (Wildman–Crippen MR) is 59.8 cm³/mol. The van der Waals surface area contributed by atoms with Crippen molar-refractivity contribution in [2.75, 3.05) is 0 Å². The second-order valence-corrected chi connectivity index (χ2v) is 3.31. The molecule has 0 bridgehead atoms. The van der Waals surface area contributed by atoms with Crippen LogP contribution in [0.3, 0.4) is 0 Å². The van der Waals surface area contributed by atoms with E-state index >= 15 is 0 Å². The highest BCUT2D eigenvalue weighted by molar-refractivity contribution is 5.90. The summed E-state index contributed by atoms with van der Waals surface area (Å²) in [5, 5.41) is 8.93. The van der Waals surface area contributed by atoms with E-state index in [0.29, 0.717) is 0 Å². The molecule has 5 nitrogen and oxygen atoms in total. The van der Waals surface area contributed by atoms with Gasteiger partial charge in [-0.15, -0.1) is 0 Å². The highest BCUT2D eigenvalue weighted by atomic mass is 16.5. The van der Waals surface area contributed by atoms with E-state index < -0.39 is 5.97 Å². The Balaban J connectivity index is 2.12. The lowest BCUT2D eigenvalue weighted by molar-refractivity contribution is 0.0690. The maximum absolute atomic E-state index is 10.9. The van der Waals surface area contributed by atoms with Gasteiger partial charge >= 0.3 is 5.97 Å². The van der Waals surface area contributed by atoms with Crippen molar-refractivity contribution in [3.8, 4) is 5.88 Å². The Morgan fingerprint density at radius 3 is 2.71 bits per heavy atom. The molecule has 0 atom stereocenters. The number of hydrogen-bond donors (Lipinski definition) is 1. The summed E-state index contributed by atoms with van der Waals surface area (Å²) in [5.41, 5.74) is 0.962. The van der Waals surface area contributed by atoms with E-state index in [-0.39, 0.29) is 18.1 Å². The Morgan fingerprint density at radius 2 is 2.00 bits per heavy atom. The Labute approximate surface area is 97.7 Å². The van der Waals surface area contributed by atoms with Crippen molar-refractivity contribution in [2.45, 2.75) is 6.61 Å². The first-order valence-electron chi connectivity index (χ1n) is 4.97. The van der Waals surface area contributed by atoms with Crippen molar-refractivity contribution in [2.24, 2.45) is 0 Å². The quantitative estimate of drug-likeness (QED) is 0.866. The molecule has 2 aromatic heterocycles. The molecule has 5 heteroatoms. The average Bonchev–Trinajstić information content (AvgIpc) is 2.38. The van der Waals surface area contributed by atoms with Crippen molar-refractivity contribution in [1.82, 2.24) is 9.97 Å². The third-order valence-corrected chi connectivity index (χ3v) is 2.13. The molecule has 2 heterocycles. The van der Waals surface area contributed by atoms with Gasteiger partial charge in [-0.1, -0.05) is 0 Å². The number of aromatic carboxylic acids is 1. The van der Waals surface area contributed by atoms with Crippen LogP contribution in [0.4, 0.5) is 0 Å². The summed E-state index contributed by atoms with van der Waals surface area (Å²) in [6.45, 7) is 0.264. The van der Waals surface area contributed by atoms with Crippen LogP contribution >= 0.6 is 0 Å². The topological polar surface area (TPSA) is 72.3 Å². The van der Waals surface area contributed by atoms with E-state index in [1.807, 2.05) is 0 Å². The number of pyridine rings is 2. The second-order valence-electron chi connectivity index (χ2n) is 3.31. The van der Waals surface area contributed by atoms with Crippen LogP contribution in [0.15, 0.2) is 42.9 Å². The Hall–Kier alpha value is -2.43. The third kappa shape index (κ3) is 2.78. The van der Waals surface area contributed by atoms with Crippen molar-refractivity contribution < 1.29 is 14.6 Å². The van der Waals surface area contributed by atoms with Gasteiger partial charge in [0.25, 0.3) is 0 Å². The molecule has 0 saturated heterocycles. The maximum Gasteiger partial charge on any atom is 0.341 e. The highest BCUT2D eigenvalue weighted by Gasteiger charge is 2.11. The van der Waals surface area contributed by atoms with Crippen LogP contribution in [0.1, 0.15) is 15.9 Å². The van der Waals surface area contributed by atoms with Crippen molar-refractivity contribution >= 4 is 5.97 Å². The van der Waals surface area contributed by atoms with Gasteiger partial charge in [0.15, 0.2) is 0 Å². The zero-order valence-corrected chi connectivity index (χ0v) is 8.91. The van der Waals surface area contributed by atoms with Crippen LogP contribution in [-0.4, -0.2) is 21.0 Å². The SMILES string of the molecule is O=C(O)c1cccnc1OCc1ccncc1. The first-order chi connectivity index (χ1) is 8.27. The summed E-state index contributed by atoms with van der Waals surface area (Å²) < 4.78 is 5.36. The minimum Gasteiger partial charge on any atom is -0.477 e. The third-order valence-electron chi connectivity index (χ3n) is 2.13. The van der Waals surface area contributed by atoms with Crippen LogP contribution in [0.25, 0.3) is 0 Å². The molecular formula is C12H10N2O3. The Kier molecular flexibility index (Phi) is 3.30. The number of aromatic nitrogens is 2. The number of carbonyl (C=O) groups is 1. The molecule has 0 fully saturated rings. The summed E-state index contributed by atoms with van der Waals surface area (Å²) in [4.78, 5) is 18.7. The van der Waals surface area contributed by atoms with Crippen molar-refractivity contribution in [3.63, 3.8) is 0 Å². The molecule has 17 heavy (non-hydrogen) atoms. The first-order valence-corrected chi connectivity index (χ1v) is 4.97. The summed E-state index contributed by atoms with van der Waals surface area (Å²) in [6, 6.07) is 6.60. The fourth-order valence-electron chi connectivity index (χ4n) is 1.30. The fraction of sp³-hybridized carbons (Fsp3) is 0.0833. The molecule has 0 saturated carbocycles. The number of carboxylic acids is 1. The lowest BCUT2D eigenvalue weighted by Crippen LogP contribution is -2.04. The van der Waals surface area contributed by atoms with E-state index in [0.717, 1.165) is 5.56 Å². The summed E-state index contributed by atoms with van der Waals surface area (Å²) in [7, 11) is 0. The average molecular weight is 230 g/mol. The molecule has 0 aliphatic rings. The van der Waals surface area contributed by atoms with Gasteiger partial charge in [-0.3, -0.25) is 4.98 Å². The summed E-state index contributed by atoms with van der Waals surface area (Å²) >= 11 is 0. The molecule has 0 aromatic carbocycles.